The Morgan fingerprint density at radius 2 is 2.00 bits per heavy atom. The molecule has 152 valence electrons. The first-order valence-corrected chi connectivity index (χ1v) is 9.61. The fraction of sp³-hybridized carbons (Fsp3) is 0.571. The largest absolute Gasteiger partial charge is 0.457 e. The van der Waals surface area contributed by atoms with Gasteiger partial charge in [-0.05, 0) is 51.3 Å². The Morgan fingerprint density at radius 3 is 2.64 bits per heavy atom. The van der Waals surface area contributed by atoms with E-state index in [4.69, 9.17) is 9.47 Å². The van der Waals surface area contributed by atoms with E-state index in [0.29, 0.717) is 25.1 Å². The average molecular weight is 388 g/mol. The van der Waals surface area contributed by atoms with Gasteiger partial charge in [0.25, 0.3) is 0 Å². The second kappa shape index (κ2) is 7.45. The van der Waals surface area contributed by atoms with Crippen molar-refractivity contribution in [3.05, 3.63) is 34.4 Å². The number of ether oxygens (including phenoxy) is 2. The summed E-state index contributed by atoms with van der Waals surface area (Å²) in [6.45, 7) is 10.2. The van der Waals surface area contributed by atoms with Crippen LogP contribution in [-0.4, -0.2) is 47.6 Å². The van der Waals surface area contributed by atoms with Crippen molar-refractivity contribution in [1.82, 2.24) is 10.2 Å². The van der Waals surface area contributed by atoms with Crippen LogP contribution >= 0.6 is 0 Å². The first-order chi connectivity index (χ1) is 13.1. The van der Waals surface area contributed by atoms with Gasteiger partial charge in [0.05, 0.1) is 5.56 Å². The summed E-state index contributed by atoms with van der Waals surface area (Å²) in [6.07, 6.45) is 0.284. The van der Waals surface area contributed by atoms with E-state index >= 15 is 0 Å². The summed E-state index contributed by atoms with van der Waals surface area (Å²) in [5, 5.41) is 3.03. The number of rotatable bonds is 2. The molecule has 0 spiro atoms. The minimum absolute atomic E-state index is 0.0915. The summed E-state index contributed by atoms with van der Waals surface area (Å²) in [4.78, 5) is 37.8. The third kappa shape index (κ3) is 4.13. The topological polar surface area (TPSA) is 84.9 Å². The fourth-order valence-electron chi connectivity index (χ4n) is 3.96. The highest BCUT2D eigenvalue weighted by Gasteiger charge is 2.36. The minimum Gasteiger partial charge on any atom is -0.457 e. The van der Waals surface area contributed by atoms with Crippen LogP contribution in [0.4, 0.5) is 4.79 Å². The van der Waals surface area contributed by atoms with Gasteiger partial charge in [-0.25, -0.2) is 9.59 Å². The van der Waals surface area contributed by atoms with Crippen LogP contribution in [0.2, 0.25) is 0 Å². The van der Waals surface area contributed by atoms with Gasteiger partial charge in [-0.1, -0.05) is 6.07 Å². The Balaban J connectivity index is 1.91. The number of fused-ring (bicyclic) bond motifs is 1. The molecule has 2 aliphatic rings. The first kappa shape index (κ1) is 20.2. The minimum atomic E-state index is -0.567. The van der Waals surface area contributed by atoms with Crippen LogP contribution in [0.25, 0.3) is 0 Å². The second-order valence-electron chi connectivity index (χ2n) is 8.51. The molecule has 1 saturated heterocycles. The van der Waals surface area contributed by atoms with Crippen molar-refractivity contribution in [3.8, 4) is 0 Å². The van der Waals surface area contributed by atoms with E-state index in [2.05, 4.69) is 5.32 Å². The van der Waals surface area contributed by atoms with Crippen LogP contribution < -0.4 is 5.32 Å². The average Bonchev–Trinajstić information content (AvgIpc) is 2.96. The molecule has 7 nitrogen and oxygen atoms in total. The number of carbonyl (C=O) groups is 3. The highest BCUT2D eigenvalue weighted by Crippen LogP contribution is 2.35. The standard InChI is InChI=1S/C21H28N2O5/c1-12-14(6-7-15-17(12)11-27-19(15)25)16-10-23(20(26)28-21(3,4)5)9-8-18(16)22-13(2)24/h6-7,16,18H,8-11H2,1-5H3,(H,22,24). The van der Waals surface area contributed by atoms with Crippen LogP contribution in [0.3, 0.4) is 0 Å². The predicted octanol–water partition coefficient (Wildman–Crippen LogP) is 2.89. The summed E-state index contributed by atoms with van der Waals surface area (Å²) in [6, 6.07) is 3.61. The monoisotopic (exact) mass is 388 g/mol. The lowest BCUT2D eigenvalue weighted by atomic mass is 9.82. The molecule has 3 rings (SSSR count). The Morgan fingerprint density at radius 1 is 1.29 bits per heavy atom. The van der Waals surface area contributed by atoms with E-state index in [1.165, 1.54) is 6.92 Å². The van der Waals surface area contributed by atoms with E-state index in [-0.39, 0.29) is 36.5 Å². The molecule has 0 aromatic heterocycles. The van der Waals surface area contributed by atoms with Crippen molar-refractivity contribution in [1.29, 1.82) is 0 Å². The molecule has 28 heavy (non-hydrogen) atoms. The molecule has 0 bridgehead atoms. The van der Waals surface area contributed by atoms with Crippen LogP contribution in [0.15, 0.2) is 12.1 Å². The Hall–Kier alpha value is -2.57. The maximum atomic E-state index is 12.6. The van der Waals surface area contributed by atoms with Gasteiger partial charge in [0.15, 0.2) is 0 Å². The van der Waals surface area contributed by atoms with Crippen molar-refractivity contribution >= 4 is 18.0 Å². The molecule has 0 aliphatic carbocycles. The summed E-state index contributed by atoms with van der Waals surface area (Å²) in [5.41, 5.74) is 2.91. The first-order valence-electron chi connectivity index (χ1n) is 9.61. The van der Waals surface area contributed by atoms with Gasteiger partial charge in [-0.15, -0.1) is 0 Å². The summed E-state index contributed by atoms with van der Waals surface area (Å²) >= 11 is 0. The Bertz CT molecular complexity index is 812. The smallest absolute Gasteiger partial charge is 0.410 e. The van der Waals surface area contributed by atoms with Gasteiger partial charge < -0.3 is 19.7 Å². The van der Waals surface area contributed by atoms with Gasteiger partial charge in [-0.3, -0.25) is 4.79 Å². The lowest BCUT2D eigenvalue weighted by Crippen LogP contribution is -2.52. The molecular weight excluding hydrogens is 360 g/mol. The number of nitrogens with zero attached hydrogens (tertiary/aromatic N) is 1. The highest BCUT2D eigenvalue weighted by molar-refractivity contribution is 5.94. The molecule has 2 amide bonds. The number of esters is 1. The predicted molar refractivity (Wildman–Crippen MR) is 103 cm³/mol. The second-order valence-corrected chi connectivity index (χ2v) is 8.51. The number of hydrogen-bond acceptors (Lipinski definition) is 5. The van der Waals surface area contributed by atoms with Crippen LogP contribution in [0, 0.1) is 6.92 Å². The molecule has 7 heteroatoms. The maximum Gasteiger partial charge on any atom is 0.410 e. The van der Waals surface area contributed by atoms with E-state index in [1.54, 1.807) is 11.0 Å². The summed E-state index contributed by atoms with van der Waals surface area (Å²) in [5.74, 6) is -0.494. The zero-order valence-corrected chi connectivity index (χ0v) is 17.1. The highest BCUT2D eigenvalue weighted by atomic mass is 16.6. The van der Waals surface area contributed by atoms with Gasteiger partial charge in [0, 0.05) is 37.5 Å². The van der Waals surface area contributed by atoms with Crippen molar-refractivity contribution in [2.45, 2.75) is 65.2 Å². The van der Waals surface area contributed by atoms with E-state index < -0.39 is 5.60 Å². The number of benzene rings is 1. The molecule has 2 aliphatic heterocycles. The number of amides is 2. The molecule has 2 atom stereocenters. The molecule has 1 fully saturated rings. The van der Waals surface area contributed by atoms with Crippen LogP contribution in [-0.2, 0) is 20.9 Å². The summed E-state index contributed by atoms with van der Waals surface area (Å²) in [7, 11) is 0. The third-order valence-corrected chi connectivity index (χ3v) is 5.26. The number of carbonyl (C=O) groups excluding carboxylic acids is 3. The molecule has 0 saturated carbocycles. The normalized spacial score (nSPS) is 21.8. The van der Waals surface area contributed by atoms with Gasteiger partial charge in [0.2, 0.25) is 5.91 Å². The lowest BCUT2D eigenvalue weighted by molar-refractivity contribution is -0.120. The molecule has 0 radical (unpaired) electrons. The number of piperidine rings is 1. The quantitative estimate of drug-likeness (QED) is 0.788. The van der Waals surface area contributed by atoms with Crippen molar-refractivity contribution in [3.63, 3.8) is 0 Å². The molecule has 1 N–H and O–H groups in total. The molecule has 1 aromatic rings. The Labute approximate surface area is 165 Å². The summed E-state index contributed by atoms with van der Waals surface area (Å²) < 4.78 is 10.7. The van der Waals surface area contributed by atoms with Crippen molar-refractivity contribution < 1.29 is 23.9 Å². The molecular formula is C21H28N2O5. The van der Waals surface area contributed by atoms with Crippen molar-refractivity contribution in [2.75, 3.05) is 13.1 Å². The Kier molecular flexibility index (Phi) is 5.37. The third-order valence-electron chi connectivity index (χ3n) is 5.26. The molecule has 2 unspecified atom stereocenters. The SMILES string of the molecule is CC(=O)NC1CCN(C(=O)OC(C)(C)C)CC1c1ccc2c(c1C)COC2=O. The zero-order chi connectivity index (χ0) is 20.6. The van der Waals surface area contributed by atoms with E-state index in [0.717, 1.165) is 16.7 Å². The van der Waals surface area contributed by atoms with E-state index in [9.17, 15) is 14.4 Å². The van der Waals surface area contributed by atoms with E-state index in [1.807, 2.05) is 33.8 Å². The maximum absolute atomic E-state index is 12.6. The molecule has 1 aromatic carbocycles. The van der Waals surface area contributed by atoms with Crippen LogP contribution in [0.5, 0.6) is 0 Å². The van der Waals surface area contributed by atoms with Crippen molar-refractivity contribution in [2.24, 2.45) is 0 Å². The number of nitrogens with one attached hydrogen (secondary N) is 1. The van der Waals surface area contributed by atoms with Gasteiger partial charge in [-0.2, -0.15) is 0 Å². The number of cyclic esters (lactones) is 1. The lowest BCUT2D eigenvalue weighted by Gasteiger charge is -2.40. The number of likely N-dealkylation sites (tertiary alicyclic amines) is 1. The van der Waals surface area contributed by atoms with Gasteiger partial charge in [0.1, 0.15) is 12.2 Å². The van der Waals surface area contributed by atoms with Crippen LogP contribution in [0.1, 0.15) is 67.1 Å². The molecule has 2 heterocycles. The fourth-order valence-corrected chi connectivity index (χ4v) is 3.96. The van der Waals surface area contributed by atoms with Gasteiger partial charge >= 0.3 is 12.1 Å². The zero-order valence-electron chi connectivity index (χ0n) is 17.1. The number of hydrogen-bond donors (Lipinski definition) is 1.